The van der Waals surface area contributed by atoms with Crippen molar-refractivity contribution in [3.8, 4) is 5.75 Å². The first kappa shape index (κ1) is 27.2. The van der Waals surface area contributed by atoms with Crippen LogP contribution in [0.3, 0.4) is 0 Å². The Morgan fingerprint density at radius 2 is 1.90 bits per heavy atom. The fourth-order valence-electron chi connectivity index (χ4n) is 6.06. The molecular formula is C31H32ClFN2O4. The molecule has 1 fully saturated rings. The Labute approximate surface area is 232 Å². The summed E-state index contributed by atoms with van der Waals surface area (Å²) >= 11 is 6.26. The molecule has 2 atom stereocenters. The molecule has 8 heteroatoms. The molecular weight excluding hydrogens is 519 g/mol. The Morgan fingerprint density at radius 1 is 1.13 bits per heavy atom. The highest BCUT2D eigenvalue weighted by Gasteiger charge is 2.55. The number of carbonyl (C=O) groups excluding carboxylic acids is 1. The van der Waals surface area contributed by atoms with Crippen LogP contribution in [0.4, 0.5) is 10.1 Å². The summed E-state index contributed by atoms with van der Waals surface area (Å²) in [4.78, 5) is 30.5. The maximum Gasteiger partial charge on any atom is 0.309 e. The van der Waals surface area contributed by atoms with Gasteiger partial charge < -0.3 is 14.7 Å². The van der Waals surface area contributed by atoms with Gasteiger partial charge in [-0.3, -0.25) is 14.5 Å². The summed E-state index contributed by atoms with van der Waals surface area (Å²) in [5.74, 6) is -1.56. The summed E-state index contributed by atoms with van der Waals surface area (Å²) in [6.07, 6.45) is 2.79. The Balaban J connectivity index is 1.61. The van der Waals surface area contributed by atoms with Crippen molar-refractivity contribution < 1.29 is 23.8 Å². The van der Waals surface area contributed by atoms with Gasteiger partial charge in [-0.05, 0) is 72.0 Å². The van der Waals surface area contributed by atoms with Crippen molar-refractivity contribution in [3.05, 3.63) is 94.3 Å². The number of hydrogen-bond donors (Lipinski definition) is 1. The highest BCUT2D eigenvalue weighted by Crippen LogP contribution is 2.50. The summed E-state index contributed by atoms with van der Waals surface area (Å²) in [6.45, 7) is 3.54. The monoisotopic (exact) mass is 550 g/mol. The van der Waals surface area contributed by atoms with Crippen LogP contribution in [-0.2, 0) is 21.5 Å². The zero-order valence-electron chi connectivity index (χ0n) is 21.9. The lowest BCUT2D eigenvalue weighted by Crippen LogP contribution is -2.52. The van der Waals surface area contributed by atoms with E-state index in [1.165, 1.54) is 12.1 Å². The lowest BCUT2D eigenvalue weighted by Gasteiger charge is -2.43. The van der Waals surface area contributed by atoms with Crippen molar-refractivity contribution in [3.63, 3.8) is 0 Å². The molecule has 0 aromatic heterocycles. The molecule has 0 spiro atoms. The number of nitrogens with zero attached hydrogens (tertiary/aromatic N) is 2. The molecule has 0 saturated carbocycles. The maximum absolute atomic E-state index is 14.1. The van der Waals surface area contributed by atoms with Crippen molar-refractivity contribution in [2.24, 2.45) is 5.92 Å². The van der Waals surface area contributed by atoms with E-state index >= 15 is 0 Å². The molecule has 5 rings (SSSR count). The average Bonchev–Trinajstić information content (AvgIpc) is 3.54. The number of anilines is 1. The SMILES string of the molecule is CCCCN(C(=O)CN1CCC(C(=O)O)C1(c1ccc(F)cc1)c1ccc2c(c1)CCO2)c1cccc(Cl)c1. The molecule has 204 valence electrons. The number of amides is 1. The van der Waals surface area contributed by atoms with Crippen LogP contribution in [0.25, 0.3) is 0 Å². The van der Waals surface area contributed by atoms with E-state index in [2.05, 4.69) is 6.92 Å². The lowest BCUT2D eigenvalue weighted by molar-refractivity contribution is -0.144. The van der Waals surface area contributed by atoms with E-state index in [1.807, 2.05) is 35.2 Å². The zero-order valence-corrected chi connectivity index (χ0v) is 22.7. The van der Waals surface area contributed by atoms with E-state index in [1.54, 1.807) is 29.2 Å². The molecule has 1 amide bonds. The summed E-state index contributed by atoms with van der Waals surface area (Å²) in [5, 5.41) is 11.0. The second kappa shape index (κ2) is 11.4. The standard InChI is InChI=1S/C31H32ClFN2O4/c1-2-3-15-35(26-6-4-5-24(32)19-26)29(36)20-34-16-13-27(30(37)38)31(34,22-7-10-25(33)11-8-22)23-9-12-28-21(18-23)14-17-39-28/h4-12,18-19,27H,2-3,13-17,20H2,1H3,(H,37,38). The number of hydrogen-bond acceptors (Lipinski definition) is 4. The first-order valence-electron chi connectivity index (χ1n) is 13.4. The Kier molecular flexibility index (Phi) is 7.91. The molecule has 0 bridgehead atoms. The first-order chi connectivity index (χ1) is 18.8. The molecule has 2 aliphatic rings. The molecule has 39 heavy (non-hydrogen) atoms. The fraction of sp³-hybridized carbons (Fsp3) is 0.355. The number of ether oxygens (including phenoxy) is 1. The van der Waals surface area contributed by atoms with Crippen LogP contribution < -0.4 is 9.64 Å². The minimum atomic E-state index is -1.17. The number of aliphatic carboxylic acids is 1. The molecule has 2 aliphatic heterocycles. The fourth-order valence-corrected chi connectivity index (χ4v) is 6.25. The van der Waals surface area contributed by atoms with E-state index in [9.17, 15) is 19.1 Å². The van der Waals surface area contributed by atoms with Crippen LogP contribution in [0.5, 0.6) is 5.75 Å². The van der Waals surface area contributed by atoms with Gasteiger partial charge in [-0.15, -0.1) is 0 Å². The van der Waals surface area contributed by atoms with Gasteiger partial charge in [-0.1, -0.05) is 49.2 Å². The van der Waals surface area contributed by atoms with E-state index < -0.39 is 23.2 Å². The summed E-state index contributed by atoms with van der Waals surface area (Å²) in [7, 11) is 0. The van der Waals surface area contributed by atoms with Gasteiger partial charge in [-0.25, -0.2) is 4.39 Å². The predicted molar refractivity (Wildman–Crippen MR) is 149 cm³/mol. The lowest BCUT2D eigenvalue weighted by atomic mass is 9.73. The molecule has 0 aliphatic carbocycles. The van der Waals surface area contributed by atoms with Gasteiger partial charge in [0.1, 0.15) is 11.6 Å². The summed E-state index contributed by atoms with van der Waals surface area (Å²) in [5.41, 5.74) is 1.94. The molecule has 2 unspecified atom stereocenters. The second-order valence-corrected chi connectivity index (χ2v) is 10.6. The quantitative estimate of drug-likeness (QED) is 0.359. The largest absolute Gasteiger partial charge is 0.493 e. The van der Waals surface area contributed by atoms with Gasteiger partial charge in [0.05, 0.1) is 24.6 Å². The minimum Gasteiger partial charge on any atom is -0.493 e. The minimum absolute atomic E-state index is 0.00896. The number of rotatable bonds is 9. The maximum atomic E-state index is 14.1. The van der Waals surface area contributed by atoms with Crippen LogP contribution in [0, 0.1) is 11.7 Å². The van der Waals surface area contributed by atoms with Crippen molar-refractivity contribution in [2.45, 2.75) is 38.1 Å². The average molecular weight is 551 g/mol. The van der Waals surface area contributed by atoms with Gasteiger partial charge in [-0.2, -0.15) is 0 Å². The predicted octanol–water partition coefficient (Wildman–Crippen LogP) is 5.90. The number of unbranched alkanes of at least 4 members (excludes halogenated alkanes) is 1. The number of carbonyl (C=O) groups is 2. The molecule has 2 heterocycles. The number of likely N-dealkylation sites (tertiary alicyclic amines) is 1. The van der Waals surface area contributed by atoms with E-state index in [4.69, 9.17) is 16.3 Å². The third-order valence-corrected chi connectivity index (χ3v) is 8.12. The van der Waals surface area contributed by atoms with E-state index in [0.29, 0.717) is 42.4 Å². The number of fused-ring (bicyclic) bond motifs is 1. The summed E-state index contributed by atoms with van der Waals surface area (Å²) < 4.78 is 19.8. The van der Waals surface area contributed by atoms with Gasteiger partial charge in [0.2, 0.25) is 5.91 Å². The smallest absolute Gasteiger partial charge is 0.309 e. The molecule has 1 N–H and O–H groups in total. The van der Waals surface area contributed by atoms with Gasteiger partial charge >= 0.3 is 5.97 Å². The van der Waals surface area contributed by atoms with Crippen LogP contribution in [-0.4, -0.2) is 48.1 Å². The number of carboxylic acids is 1. The summed E-state index contributed by atoms with van der Waals surface area (Å²) in [6, 6.07) is 19.0. The third kappa shape index (κ3) is 5.13. The highest BCUT2D eigenvalue weighted by atomic mass is 35.5. The Hall–Kier alpha value is -3.42. The van der Waals surface area contributed by atoms with Crippen LogP contribution in [0.15, 0.2) is 66.7 Å². The molecule has 3 aromatic rings. The topological polar surface area (TPSA) is 70.1 Å². The van der Waals surface area contributed by atoms with Crippen molar-refractivity contribution >= 4 is 29.2 Å². The molecule has 3 aromatic carbocycles. The van der Waals surface area contributed by atoms with Gasteiger partial charge in [0.15, 0.2) is 0 Å². The highest BCUT2D eigenvalue weighted by molar-refractivity contribution is 6.30. The van der Waals surface area contributed by atoms with Crippen LogP contribution in [0.2, 0.25) is 5.02 Å². The number of halogens is 2. The zero-order chi connectivity index (χ0) is 27.6. The van der Waals surface area contributed by atoms with E-state index in [0.717, 1.165) is 36.1 Å². The van der Waals surface area contributed by atoms with Crippen molar-refractivity contribution in [1.82, 2.24) is 4.90 Å². The number of benzene rings is 3. The van der Waals surface area contributed by atoms with Gasteiger partial charge in [0.25, 0.3) is 0 Å². The molecule has 6 nitrogen and oxygen atoms in total. The second-order valence-electron chi connectivity index (χ2n) is 10.2. The van der Waals surface area contributed by atoms with Crippen molar-refractivity contribution in [2.75, 3.05) is 31.1 Å². The van der Waals surface area contributed by atoms with E-state index in [-0.39, 0.29) is 12.5 Å². The Morgan fingerprint density at radius 3 is 2.62 bits per heavy atom. The normalized spacial score (nSPS) is 20.4. The first-order valence-corrected chi connectivity index (χ1v) is 13.8. The Bertz CT molecular complexity index is 1360. The molecule has 0 radical (unpaired) electrons. The number of carboxylic acid groups (broad SMARTS) is 1. The molecule has 1 saturated heterocycles. The van der Waals surface area contributed by atoms with Crippen LogP contribution >= 0.6 is 11.6 Å². The van der Waals surface area contributed by atoms with Crippen molar-refractivity contribution in [1.29, 1.82) is 0 Å². The van der Waals surface area contributed by atoms with Crippen LogP contribution in [0.1, 0.15) is 42.9 Å². The third-order valence-electron chi connectivity index (χ3n) is 7.89. The van der Waals surface area contributed by atoms with Gasteiger partial charge in [0, 0.05) is 30.2 Å².